The number of carbonyl (C=O) groups is 2. The van der Waals surface area contributed by atoms with Crippen molar-refractivity contribution in [1.82, 2.24) is 4.57 Å². The first-order valence-corrected chi connectivity index (χ1v) is 8.44. The molecule has 0 aliphatic carbocycles. The quantitative estimate of drug-likeness (QED) is 0.871. The van der Waals surface area contributed by atoms with Crippen molar-refractivity contribution < 1.29 is 9.59 Å². The SMILES string of the molecule is Cc1ccc(N2CC(=O)Nc3c(C#N)c4n(c3C2=O)CCCC4)cc1. The van der Waals surface area contributed by atoms with E-state index in [1.165, 1.54) is 4.90 Å². The third-order valence-corrected chi connectivity index (χ3v) is 4.89. The number of rotatable bonds is 1. The van der Waals surface area contributed by atoms with E-state index in [0.29, 0.717) is 29.2 Å². The van der Waals surface area contributed by atoms with Crippen LogP contribution in [0.1, 0.15) is 40.2 Å². The first kappa shape index (κ1) is 15.5. The molecule has 0 spiro atoms. The van der Waals surface area contributed by atoms with Crippen molar-refractivity contribution in [1.29, 1.82) is 5.26 Å². The molecule has 0 bridgehead atoms. The van der Waals surface area contributed by atoms with Gasteiger partial charge in [0, 0.05) is 17.9 Å². The average Bonchev–Trinajstić information content (AvgIpc) is 2.85. The van der Waals surface area contributed by atoms with Crippen LogP contribution in [0, 0.1) is 18.3 Å². The number of amides is 2. The maximum Gasteiger partial charge on any atom is 0.277 e. The minimum Gasteiger partial charge on any atom is -0.338 e. The van der Waals surface area contributed by atoms with Gasteiger partial charge in [-0.15, -0.1) is 0 Å². The fourth-order valence-electron chi connectivity index (χ4n) is 3.66. The Kier molecular flexibility index (Phi) is 3.57. The Morgan fingerprint density at radius 3 is 2.64 bits per heavy atom. The Morgan fingerprint density at radius 1 is 1.16 bits per heavy atom. The second-order valence-corrected chi connectivity index (χ2v) is 6.54. The summed E-state index contributed by atoms with van der Waals surface area (Å²) in [6.07, 6.45) is 2.70. The predicted molar refractivity (Wildman–Crippen MR) is 93.6 cm³/mol. The minimum absolute atomic E-state index is 0.0588. The third-order valence-electron chi connectivity index (χ3n) is 4.89. The molecular formula is C19H18N4O2. The summed E-state index contributed by atoms with van der Waals surface area (Å²) in [7, 11) is 0. The van der Waals surface area contributed by atoms with E-state index >= 15 is 0 Å². The standard InChI is InChI=1S/C19H18N4O2/c1-12-5-7-13(8-6-12)23-11-16(24)21-17-14(10-20)15-4-2-3-9-22(15)18(17)19(23)25/h5-8H,2-4,9,11H2,1H3,(H,21,24). The monoisotopic (exact) mass is 334 g/mol. The summed E-state index contributed by atoms with van der Waals surface area (Å²) in [5, 5.41) is 12.4. The molecule has 2 aromatic rings. The summed E-state index contributed by atoms with van der Waals surface area (Å²) in [6.45, 7) is 2.61. The van der Waals surface area contributed by atoms with Gasteiger partial charge in [0.2, 0.25) is 5.91 Å². The highest BCUT2D eigenvalue weighted by atomic mass is 16.2. The first-order chi connectivity index (χ1) is 12.1. The molecule has 2 aliphatic heterocycles. The van der Waals surface area contributed by atoms with Gasteiger partial charge >= 0.3 is 0 Å². The molecule has 0 saturated carbocycles. The molecular weight excluding hydrogens is 316 g/mol. The fourth-order valence-corrected chi connectivity index (χ4v) is 3.66. The van der Waals surface area contributed by atoms with Crippen molar-refractivity contribution in [3.05, 3.63) is 46.8 Å². The van der Waals surface area contributed by atoms with Crippen molar-refractivity contribution >= 4 is 23.2 Å². The second kappa shape index (κ2) is 5.78. The van der Waals surface area contributed by atoms with Gasteiger partial charge in [0.1, 0.15) is 18.3 Å². The summed E-state index contributed by atoms with van der Waals surface area (Å²) in [6, 6.07) is 9.71. The summed E-state index contributed by atoms with van der Waals surface area (Å²) < 4.78 is 1.92. The Bertz CT molecular complexity index is 918. The third kappa shape index (κ3) is 2.40. The van der Waals surface area contributed by atoms with Gasteiger partial charge in [-0.25, -0.2) is 0 Å². The lowest BCUT2D eigenvalue weighted by Gasteiger charge is -2.23. The zero-order chi connectivity index (χ0) is 17.6. The number of aromatic nitrogens is 1. The van der Waals surface area contributed by atoms with Gasteiger partial charge in [-0.1, -0.05) is 17.7 Å². The number of fused-ring (bicyclic) bond motifs is 3. The summed E-state index contributed by atoms with van der Waals surface area (Å²) in [5.41, 5.74) is 3.87. The molecule has 2 amide bonds. The van der Waals surface area contributed by atoms with E-state index in [1.807, 2.05) is 35.8 Å². The number of nitriles is 1. The molecule has 6 nitrogen and oxygen atoms in total. The highest BCUT2D eigenvalue weighted by Crippen LogP contribution is 2.35. The van der Waals surface area contributed by atoms with E-state index in [0.717, 1.165) is 30.5 Å². The number of hydrogen-bond donors (Lipinski definition) is 1. The van der Waals surface area contributed by atoms with Gasteiger partial charge in [-0.3, -0.25) is 14.5 Å². The molecule has 6 heteroatoms. The zero-order valence-corrected chi connectivity index (χ0v) is 14.0. The van der Waals surface area contributed by atoms with E-state index in [9.17, 15) is 14.9 Å². The molecule has 0 atom stereocenters. The zero-order valence-electron chi connectivity index (χ0n) is 14.0. The molecule has 1 aromatic heterocycles. The van der Waals surface area contributed by atoms with Crippen LogP contribution in [0.25, 0.3) is 0 Å². The van der Waals surface area contributed by atoms with Crippen molar-refractivity contribution in [2.75, 3.05) is 16.8 Å². The van der Waals surface area contributed by atoms with Crippen LogP contribution < -0.4 is 10.2 Å². The molecule has 25 heavy (non-hydrogen) atoms. The van der Waals surface area contributed by atoms with Gasteiger partial charge in [0.05, 0.1) is 11.3 Å². The van der Waals surface area contributed by atoms with Crippen LogP contribution >= 0.6 is 0 Å². The Labute approximate surface area is 145 Å². The minimum atomic E-state index is -0.285. The molecule has 3 heterocycles. The van der Waals surface area contributed by atoms with Gasteiger partial charge in [-0.05, 0) is 38.3 Å². The van der Waals surface area contributed by atoms with Crippen LogP contribution in [0.2, 0.25) is 0 Å². The van der Waals surface area contributed by atoms with Gasteiger partial charge in [0.15, 0.2) is 0 Å². The normalized spacial score (nSPS) is 16.6. The lowest BCUT2D eigenvalue weighted by atomic mass is 10.1. The van der Waals surface area contributed by atoms with Crippen molar-refractivity contribution in [2.24, 2.45) is 0 Å². The number of nitrogens with zero attached hydrogens (tertiary/aromatic N) is 3. The van der Waals surface area contributed by atoms with Crippen LogP contribution in [0.15, 0.2) is 24.3 Å². The highest BCUT2D eigenvalue weighted by Gasteiger charge is 2.35. The first-order valence-electron chi connectivity index (χ1n) is 8.44. The van der Waals surface area contributed by atoms with Crippen molar-refractivity contribution in [3.63, 3.8) is 0 Å². The molecule has 0 fully saturated rings. The van der Waals surface area contributed by atoms with Gasteiger partial charge in [-0.2, -0.15) is 5.26 Å². The Morgan fingerprint density at radius 2 is 1.92 bits per heavy atom. The largest absolute Gasteiger partial charge is 0.338 e. The molecule has 1 aromatic carbocycles. The second-order valence-electron chi connectivity index (χ2n) is 6.54. The van der Waals surface area contributed by atoms with E-state index < -0.39 is 0 Å². The lowest BCUT2D eigenvalue weighted by molar-refractivity contribution is -0.114. The van der Waals surface area contributed by atoms with Crippen LogP contribution in [0.3, 0.4) is 0 Å². The molecule has 0 radical (unpaired) electrons. The topological polar surface area (TPSA) is 78.1 Å². The Balaban J connectivity index is 1.89. The number of aryl methyl sites for hydroxylation is 1. The van der Waals surface area contributed by atoms with Crippen LogP contribution in [0.5, 0.6) is 0 Å². The fraction of sp³-hybridized carbons (Fsp3) is 0.316. The smallest absolute Gasteiger partial charge is 0.277 e. The molecule has 0 unspecified atom stereocenters. The van der Waals surface area contributed by atoms with Crippen molar-refractivity contribution in [2.45, 2.75) is 32.7 Å². The summed E-state index contributed by atoms with van der Waals surface area (Å²) in [5.74, 6) is -0.519. The van der Waals surface area contributed by atoms with Crippen LogP contribution in [0.4, 0.5) is 11.4 Å². The number of carbonyl (C=O) groups excluding carboxylic acids is 2. The maximum atomic E-state index is 13.3. The molecule has 126 valence electrons. The van der Waals surface area contributed by atoms with E-state index in [-0.39, 0.29) is 18.4 Å². The van der Waals surface area contributed by atoms with Crippen LogP contribution in [-0.4, -0.2) is 22.9 Å². The van der Waals surface area contributed by atoms with Crippen molar-refractivity contribution in [3.8, 4) is 6.07 Å². The predicted octanol–water partition coefficient (Wildman–Crippen LogP) is 2.60. The van der Waals surface area contributed by atoms with E-state index in [4.69, 9.17) is 0 Å². The Hall–Kier alpha value is -3.07. The maximum absolute atomic E-state index is 13.3. The van der Waals surface area contributed by atoms with E-state index in [2.05, 4.69) is 11.4 Å². The van der Waals surface area contributed by atoms with E-state index in [1.54, 1.807) is 0 Å². The lowest BCUT2D eigenvalue weighted by Crippen LogP contribution is -2.36. The number of nitrogens with one attached hydrogen (secondary N) is 1. The van der Waals surface area contributed by atoms with Gasteiger partial charge < -0.3 is 9.88 Å². The highest BCUT2D eigenvalue weighted by molar-refractivity contribution is 6.17. The number of anilines is 2. The summed E-state index contributed by atoms with van der Waals surface area (Å²) in [4.78, 5) is 27.2. The average molecular weight is 334 g/mol. The van der Waals surface area contributed by atoms with Crippen LogP contribution in [-0.2, 0) is 17.8 Å². The number of hydrogen-bond acceptors (Lipinski definition) is 3. The molecule has 0 saturated heterocycles. The summed E-state index contributed by atoms with van der Waals surface area (Å²) >= 11 is 0. The molecule has 2 aliphatic rings. The number of benzene rings is 1. The molecule has 4 rings (SSSR count). The van der Waals surface area contributed by atoms with Gasteiger partial charge in [0.25, 0.3) is 5.91 Å². The molecule has 1 N–H and O–H groups in total.